The van der Waals surface area contributed by atoms with Crippen molar-refractivity contribution in [1.82, 2.24) is 0 Å². The molecule has 0 saturated heterocycles. The Bertz CT molecular complexity index is 2390. The van der Waals surface area contributed by atoms with Gasteiger partial charge >= 0.3 is 21.7 Å². The second-order valence-corrected chi connectivity index (χ2v) is 15.5. The summed E-state index contributed by atoms with van der Waals surface area (Å²) in [6, 6.07) is 63.4. The maximum atomic E-state index is 3.60. The Kier molecular flexibility index (Phi) is 19.9. The van der Waals surface area contributed by atoms with E-state index in [0.29, 0.717) is 0 Å². The van der Waals surface area contributed by atoms with Crippen LogP contribution < -0.4 is 5.19 Å². The van der Waals surface area contributed by atoms with Crippen molar-refractivity contribution in [3.8, 4) is 22.3 Å². The molecule has 0 nitrogen and oxygen atoms in total. The number of unbranched alkanes of at least 4 members (excludes halogenated alkanes) is 2. The fourth-order valence-electron chi connectivity index (χ4n) is 7.00. The Morgan fingerprint density at radius 1 is 0.424 bits per heavy atom. The van der Waals surface area contributed by atoms with Crippen molar-refractivity contribution in [2.75, 3.05) is 0 Å². The fraction of sp³-hybridized carbons (Fsp3) is 0.193. The van der Waals surface area contributed by atoms with Crippen LogP contribution in [0.2, 0.25) is 6.55 Å². The Hall–Kier alpha value is -4.79. The quantitative estimate of drug-likeness (QED) is 0.111. The van der Waals surface area contributed by atoms with E-state index in [1.165, 1.54) is 94.5 Å². The van der Waals surface area contributed by atoms with Crippen LogP contribution in [0, 0.1) is 13.8 Å². The van der Waals surface area contributed by atoms with Crippen LogP contribution in [0.15, 0.2) is 176 Å². The molecule has 0 saturated carbocycles. The number of hydrogen-bond acceptors (Lipinski definition) is 0. The zero-order valence-electron chi connectivity index (χ0n) is 35.9. The molecule has 0 spiro atoms. The number of aryl methyl sites for hydroxylation is 2. The van der Waals surface area contributed by atoms with Gasteiger partial charge in [0.25, 0.3) is 0 Å². The van der Waals surface area contributed by atoms with Gasteiger partial charge in [-0.1, -0.05) is 191 Å². The number of hydrogen-bond donors (Lipinski definition) is 0. The third kappa shape index (κ3) is 12.6. The fourth-order valence-corrected chi connectivity index (χ4v) is 7.52. The molecule has 9 aromatic rings. The topological polar surface area (TPSA) is 0 Å². The predicted molar refractivity (Wildman–Crippen MR) is 262 cm³/mol. The van der Waals surface area contributed by atoms with Gasteiger partial charge < -0.3 is 13.8 Å². The predicted octanol–water partition coefficient (Wildman–Crippen LogP) is 16.2. The third-order valence-corrected chi connectivity index (χ3v) is 11.3. The second kappa shape index (κ2) is 25.0. The van der Waals surface area contributed by atoms with Gasteiger partial charge in [-0.05, 0) is 45.5 Å². The first-order valence-corrected chi connectivity index (χ1v) is 22.6. The van der Waals surface area contributed by atoms with Crippen molar-refractivity contribution in [2.45, 2.75) is 72.8 Å². The Morgan fingerprint density at radius 3 is 1.12 bits per heavy atom. The average Bonchev–Trinajstić information content (AvgIpc) is 3.94. The van der Waals surface area contributed by atoms with E-state index in [0.717, 1.165) is 35.2 Å². The minimum atomic E-state index is 0. The molecule has 0 aliphatic carbocycles. The molecule has 0 bridgehead atoms. The zero-order valence-corrected chi connectivity index (χ0v) is 38.5. The minimum absolute atomic E-state index is 0. The average molecular weight is 821 g/mol. The molecule has 0 heterocycles. The van der Waals surface area contributed by atoms with Gasteiger partial charge in [0.05, 0.1) is 9.52 Å². The Morgan fingerprint density at radius 2 is 0.763 bits per heavy atom. The van der Waals surface area contributed by atoms with Crippen molar-refractivity contribution in [3.63, 3.8) is 0 Å². The van der Waals surface area contributed by atoms with E-state index in [1.54, 1.807) is 0 Å². The van der Waals surface area contributed by atoms with E-state index in [4.69, 9.17) is 0 Å². The number of fused-ring (bicyclic) bond motifs is 4. The summed E-state index contributed by atoms with van der Waals surface area (Å²) in [6.45, 7) is 18.1. The van der Waals surface area contributed by atoms with Crippen LogP contribution in [-0.4, -0.2) is 9.52 Å². The molecule has 0 aromatic heterocycles. The third-order valence-electron chi connectivity index (χ3n) is 10.4. The van der Waals surface area contributed by atoms with E-state index in [2.05, 4.69) is 218 Å². The largest absolute Gasteiger partial charge is 4.00 e. The van der Waals surface area contributed by atoms with Gasteiger partial charge in [0, 0.05) is 0 Å². The van der Waals surface area contributed by atoms with Crippen molar-refractivity contribution in [2.24, 2.45) is 0 Å². The molecule has 9 aromatic carbocycles. The normalized spacial score (nSPS) is 10.3. The molecule has 2 radical (unpaired) electrons. The molecule has 296 valence electrons. The maximum absolute atomic E-state index is 3.60. The molecule has 0 unspecified atom stereocenters. The first kappa shape index (κ1) is 46.9. The zero-order chi connectivity index (χ0) is 41.1. The van der Waals surface area contributed by atoms with Gasteiger partial charge in [-0.15, -0.1) is 69.1 Å². The maximum Gasteiger partial charge on any atom is 4.00 e. The second-order valence-electron chi connectivity index (χ2n) is 14.4. The van der Waals surface area contributed by atoms with Gasteiger partial charge in [-0.25, -0.2) is 0 Å². The SMILES string of the molecule is CCc1cc2c(-c3cccc4ccccc34)cccc2[cH-]1.CCc1cc2c(-c3cccc4ccccc34)cccc2[cH-]1.C[Si]c1ccccc1.[CH2-]CCC.[CH2-]CCC.[Ti+4]. The van der Waals surface area contributed by atoms with Crippen LogP contribution in [0.1, 0.15) is 64.5 Å². The van der Waals surface area contributed by atoms with E-state index < -0.39 is 0 Å². The molecule has 2 heteroatoms. The van der Waals surface area contributed by atoms with Gasteiger partial charge in [0.15, 0.2) is 0 Å². The van der Waals surface area contributed by atoms with Crippen molar-refractivity contribution < 1.29 is 21.7 Å². The number of benzene rings is 7. The summed E-state index contributed by atoms with van der Waals surface area (Å²) in [5.74, 6) is 0. The van der Waals surface area contributed by atoms with Crippen LogP contribution in [0.3, 0.4) is 0 Å². The van der Waals surface area contributed by atoms with Crippen molar-refractivity contribution in [3.05, 3.63) is 201 Å². The van der Waals surface area contributed by atoms with E-state index in [-0.39, 0.29) is 21.7 Å². The van der Waals surface area contributed by atoms with Crippen LogP contribution in [-0.2, 0) is 34.6 Å². The van der Waals surface area contributed by atoms with Crippen LogP contribution in [0.25, 0.3) is 65.3 Å². The summed E-state index contributed by atoms with van der Waals surface area (Å²) in [4.78, 5) is 0. The van der Waals surface area contributed by atoms with Crippen LogP contribution >= 0.6 is 0 Å². The van der Waals surface area contributed by atoms with Crippen molar-refractivity contribution >= 4 is 57.8 Å². The van der Waals surface area contributed by atoms with Gasteiger partial charge in [0.1, 0.15) is 0 Å². The minimum Gasteiger partial charge on any atom is -0.343 e. The van der Waals surface area contributed by atoms with E-state index in [9.17, 15) is 0 Å². The monoisotopic (exact) mass is 820 g/mol. The molecule has 0 atom stereocenters. The summed E-state index contributed by atoms with van der Waals surface area (Å²) >= 11 is 0. The molecular formula is C57H60SiTi. The summed E-state index contributed by atoms with van der Waals surface area (Å²) < 4.78 is 0. The first-order chi connectivity index (χ1) is 28.5. The van der Waals surface area contributed by atoms with Gasteiger partial charge in [0.2, 0.25) is 0 Å². The number of rotatable bonds is 7. The smallest absolute Gasteiger partial charge is 0.343 e. The Labute approximate surface area is 373 Å². The molecule has 0 N–H and O–H groups in total. The van der Waals surface area contributed by atoms with Crippen molar-refractivity contribution in [1.29, 1.82) is 0 Å². The summed E-state index contributed by atoms with van der Waals surface area (Å²) in [5.41, 5.74) is 8.15. The molecule has 0 aliphatic heterocycles. The van der Waals surface area contributed by atoms with E-state index >= 15 is 0 Å². The molecule has 9 rings (SSSR count). The standard InChI is InChI=1S/2C21H17.C7H8Si.2C4H9.Ti/c2*1-2-15-13-17-9-6-12-20(21(17)14-15)19-11-5-8-16-7-3-4-10-18(16)19;1-8-7-5-3-2-4-6-7;2*1-3-4-2;/h2*3-14H,2H2,1H3;2-6H,1H3;2*1,3-4H2,2H3;/q2*-1;;2*-1;+4. The van der Waals surface area contributed by atoms with Gasteiger partial charge in [-0.3, -0.25) is 0 Å². The molecule has 0 amide bonds. The van der Waals surface area contributed by atoms with Crippen LogP contribution in [0.5, 0.6) is 0 Å². The van der Waals surface area contributed by atoms with Crippen LogP contribution in [0.4, 0.5) is 0 Å². The summed E-state index contributed by atoms with van der Waals surface area (Å²) in [7, 11) is 0.930. The molecular weight excluding hydrogens is 761 g/mol. The van der Waals surface area contributed by atoms with Gasteiger partial charge in [-0.2, -0.15) is 25.0 Å². The molecule has 59 heavy (non-hydrogen) atoms. The summed E-state index contributed by atoms with van der Waals surface area (Å²) in [5, 5.41) is 12.1. The molecule has 0 fully saturated rings. The first-order valence-electron chi connectivity index (χ1n) is 21.1. The van der Waals surface area contributed by atoms with E-state index in [1.807, 2.05) is 6.07 Å². The molecule has 0 aliphatic rings. The Balaban J connectivity index is 0.000000190. The summed E-state index contributed by atoms with van der Waals surface area (Å²) in [6.07, 6.45) is 6.73.